The quantitative estimate of drug-likeness (QED) is 0.505. The molecule has 2 aliphatic carbocycles. The maximum Gasteiger partial charge on any atom is -0.0297 e. The Morgan fingerprint density at radius 3 is 1.30 bits per heavy atom. The van der Waals surface area contributed by atoms with Gasteiger partial charge in [-0.25, -0.2) is 0 Å². The van der Waals surface area contributed by atoms with Crippen LogP contribution in [0.3, 0.4) is 0 Å². The summed E-state index contributed by atoms with van der Waals surface area (Å²) in [5, 5.41) is 0. The van der Waals surface area contributed by atoms with E-state index in [2.05, 4.69) is 55.4 Å². The topological polar surface area (TPSA) is 0 Å². The van der Waals surface area contributed by atoms with E-state index in [-0.39, 0.29) is 0 Å². The normalized spacial score (nSPS) is 39.9. The van der Waals surface area contributed by atoms with Crippen molar-refractivity contribution >= 4 is 0 Å². The molecule has 2 aliphatic rings. The monoisotopic (exact) mass is 320 g/mol. The van der Waals surface area contributed by atoms with E-state index in [9.17, 15) is 0 Å². The zero-order valence-corrected chi connectivity index (χ0v) is 17.4. The van der Waals surface area contributed by atoms with E-state index >= 15 is 0 Å². The van der Waals surface area contributed by atoms with E-state index in [1.54, 1.807) is 0 Å². The summed E-state index contributed by atoms with van der Waals surface area (Å²) in [6.07, 6.45) is 8.88. The second-order valence-corrected chi connectivity index (χ2v) is 10.6. The highest BCUT2D eigenvalue weighted by Gasteiger charge is 2.44. The largest absolute Gasteiger partial charge is 0.0625 e. The maximum atomic E-state index is 2.63. The Balaban J connectivity index is 2.08. The van der Waals surface area contributed by atoms with Gasteiger partial charge in [-0.2, -0.15) is 0 Å². The van der Waals surface area contributed by atoms with Crippen LogP contribution >= 0.6 is 0 Å². The summed E-state index contributed by atoms with van der Waals surface area (Å²) in [6.45, 7) is 20.1. The molecule has 0 nitrogen and oxygen atoms in total. The van der Waals surface area contributed by atoms with Crippen molar-refractivity contribution in [2.24, 2.45) is 52.8 Å². The van der Waals surface area contributed by atoms with Crippen LogP contribution < -0.4 is 0 Å². The lowest BCUT2D eigenvalue weighted by atomic mass is 9.55. The molecule has 0 aromatic rings. The summed E-state index contributed by atoms with van der Waals surface area (Å²) in [7, 11) is 0. The highest BCUT2D eigenvalue weighted by Crippen LogP contribution is 2.53. The molecule has 0 aliphatic heterocycles. The minimum atomic E-state index is 0.542. The van der Waals surface area contributed by atoms with Crippen molar-refractivity contribution in [3.8, 4) is 0 Å². The van der Waals surface area contributed by atoms with E-state index in [1.807, 2.05) is 0 Å². The molecule has 0 N–H and O–H groups in total. The van der Waals surface area contributed by atoms with Crippen LogP contribution in [0.1, 0.15) is 93.9 Å². The molecular formula is C23H44. The van der Waals surface area contributed by atoms with Crippen LogP contribution in [-0.2, 0) is 0 Å². The van der Waals surface area contributed by atoms with Crippen molar-refractivity contribution in [1.29, 1.82) is 0 Å². The van der Waals surface area contributed by atoms with E-state index in [0.717, 1.165) is 47.3 Å². The highest BCUT2D eigenvalue weighted by atomic mass is 14.5. The molecule has 0 amide bonds. The molecule has 136 valence electrons. The average Bonchev–Trinajstić information content (AvgIpc) is 2.47. The van der Waals surface area contributed by atoms with Crippen molar-refractivity contribution in [1.82, 2.24) is 0 Å². The van der Waals surface area contributed by atoms with Crippen molar-refractivity contribution in [3.63, 3.8) is 0 Å². The molecule has 0 aromatic carbocycles. The molecule has 0 aromatic heterocycles. The van der Waals surface area contributed by atoms with E-state index in [0.29, 0.717) is 5.41 Å². The van der Waals surface area contributed by atoms with Gasteiger partial charge < -0.3 is 0 Å². The van der Waals surface area contributed by atoms with Crippen LogP contribution in [0, 0.1) is 52.8 Å². The fourth-order valence-corrected chi connectivity index (χ4v) is 6.26. The molecule has 0 radical (unpaired) electrons. The van der Waals surface area contributed by atoms with Crippen molar-refractivity contribution in [2.45, 2.75) is 93.9 Å². The van der Waals surface area contributed by atoms with Gasteiger partial charge >= 0.3 is 0 Å². The predicted molar refractivity (Wildman–Crippen MR) is 103 cm³/mol. The molecule has 2 fully saturated rings. The molecule has 6 unspecified atom stereocenters. The minimum Gasteiger partial charge on any atom is -0.0625 e. The summed E-state index contributed by atoms with van der Waals surface area (Å²) in [4.78, 5) is 0. The van der Waals surface area contributed by atoms with Crippen LogP contribution in [0.2, 0.25) is 0 Å². The third kappa shape index (κ3) is 4.16. The lowest BCUT2D eigenvalue weighted by Crippen LogP contribution is -2.42. The smallest absolute Gasteiger partial charge is 0.0297 e. The third-order valence-corrected chi connectivity index (χ3v) is 8.33. The van der Waals surface area contributed by atoms with Crippen molar-refractivity contribution < 1.29 is 0 Å². The first-order chi connectivity index (χ1) is 10.6. The number of hydrogen-bond donors (Lipinski definition) is 0. The van der Waals surface area contributed by atoms with Gasteiger partial charge in [0.25, 0.3) is 0 Å². The first-order valence-electron chi connectivity index (χ1n) is 10.6. The zero-order chi connectivity index (χ0) is 17.4. The summed E-state index contributed by atoms with van der Waals surface area (Å²) < 4.78 is 0. The summed E-state index contributed by atoms with van der Waals surface area (Å²) >= 11 is 0. The Morgan fingerprint density at radius 2 is 1.00 bits per heavy atom. The van der Waals surface area contributed by atoms with Gasteiger partial charge in [0, 0.05) is 0 Å². The third-order valence-electron chi connectivity index (χ3n) is 8.33. The highest BCUT2D eigenvalue weighted by molar-refractivity contribution is 4.94. The Kier molecular flexibility index (Phi) is 6.29. The van der Waals surface area contributed by atoms with Gasteiger partial charge in [-0.1, -0.05) is 68.2 Å². The molecule has 0 heterocycles. The zero-order valence-electron chi connectivity index (χ0n) is 17.4. The van der Waals surface area contributed by atoms with Gasteiger partial charge in [0.2, 0.25) is 0 Å². The second-order valence-electron chi connectivity index (χ2n) is 10.6. The lowest BCUT2D eigenvalue weighted by Gasteiger charge is -2.51. The van der Waals surface area contributed by atoms with Gasteiger partial charge in [-0.05, 0) is 78.4 Å². The number of hydrogen-bond acceptors (Lipinski definition) is 0. The molecule has 23 heavy (non-hydrogen) atoms. The Hall–Kier alpha value is 0. The van der Waals surface area contributed by atoms with Gasteiger partial charge in [0.15, 0.2) is 0 Å². The van der Waals surface area contributed by atoms with Crippen LogP contribution in [0.4, 0.5) is 0 Å². The summed E-state index contributed by atoms with van der Waals surface area (Å²) in [5.41, 5.74) is 0.542. The van der Waals surface area contributed by atoms with Gasteiger partial charge in [-0.3, -0.25) is 0 Å². The van der Waals surface area contributed by atoms with E-state index in [4.69, 9.17) is 0 Å². The van der Waals surface area contributed by atoms with Crippen LogP contribution in [0.25, 0.3) is 0 Å². The van der Waals surface area contributed by atoms with Crippen LogP contribution in [-0.4, -0.2) is 0 Å². The molecule has 0 heteroatoms. The lowest BCUT2D eigenvalue weighted by molar-refractivity contribution is -0.00810. The number of rotatable bonds is 4. The molecular weight excluding hydrogens is 276 g/mol. The van der Waals surface area contributed by atoms with E-state index < -0.39 is 0 Å². The fraction of sp³-hybridized carbons (Fsp3) is 1.00. The Labute approximate surface area is 147 Å². The van der Waals surface area contributed by atoms with Gasteiger partial charge in [0.05, 0.1) is 0 Å². The SMILES string of the molecule is CC(C)C1CC(C(C)(C)C2CCC(C)C(C(C)C)C2)CCC1C. The minimum absolute atomic E-state index is 0.542. The molecule has 2 saturated carbocycles. The standard InChI is InChI=1S/C23H44/c1-15(2)21-13-19(11-9-17(21)5)23(7,8)20-12-10-18(6)22(14-20)16(3)4/h15-22H,9-14H2,1-8H3. The van der Waals surface area contributed by atoms with Crippen molar-refractivity contribution in [2.75, 3.05) is 0 Å². The van der Waals surface area contributed by atoms with Gasteiger partial charge in [0.1, 0.15) is 0 Å². The Bertz CT molecular complexity index is 330. The first kappa shape index (κ1) is 19.3. The molecule has 0 bridgehead atoms. The molecule has 0 spiro atoms. The fourth-order valence-electron chi connectivity index (χ4n) is 6.26. The second kappa shape index (κ2) is 7.49. The summed E-state index contributed by atoms with van der Waals surface area (Å²) in [5.74, 6) is 7.42. The molecule has 6 atom stereocenters. The average molecular weight is 321 g/mol. The van der Waals surface area contributed by atoms with Gasteiger partial charge in [-0.15, -0.1) is 0 Å². The van der Waals surface area contributed by atoms with Crippen molar-refractivity contribution in [3.05, 3.63) is 0 Å². The van der Waals surface area contributed by atoms with Crippen LogP contribution in [0.5, 0.6) is 0 Å². The maximum absolute atomic E-state index is 2.63. The first-order valence-corrected chi connectivity index (χ1v) is 10.6. The predicted octanol–water partition coefficient (Wildman–Crippen LogP) is 7.43. The Morgan fingerprint density at radius 1 is 0.652 bits per heavy atom. The molecule has 2 rings (SSSR count). The van der Waals surface area contributed by atoms with Crippen LogP contribution in [0.15, 0.2) is 0 Å². The van der Waals surface area contributed by atoms with E-state index in [1.165, 1.54) is 38.5 Å². The summed E-state index contributed by atoms with van der Waals surface area (Å²) in [6, 6.07) is 0. The molecule has 0 saturated heterocycles.